The molecule has 0 radical (unpaired) electrons. The molecule has 2 N–H and O–H groups in total. The van der Waals surface area contributed by atoms with Gasteiger partial charge in [-0.05, 0) is 25.5 Å². The molecule has 0 aliphatic heterocycles. The van der Waals surface area contributed by atoms with E-state index < -0.39 is 0 Å². The van der Waals surface area contributed by atoms with Crippen molar-refractivity contribution in [2.24, 2.45) is 7.05 Å². The molecule has 0 saturated carbocycles. The van der Waals surface area contributed by atoms with E-state index in [9.17, 15) is 4.79 Å². The third kappa shape index (κ3) is 3.94. The molecular weight excluding hydrogens is 298 g/mol. The van der Waals surface area contributed by atoms with Crippen LogP contribution in [0.3, 0.4) is 0 Å². The molecule has 0 saturated heterocycles. The lowest BCUT2D eigenvalue weighted by Crippen LogP contribution is -2.38. The van der Waals surface area contributed by atoms with Gasteiger partial charge in [0.15, 0.2) is 5.82 Å². The molecule has 0 unspecified atom stereocenters. The van der Waals surface area contributed by atoms with Crippen molar-refractivity contribution >= 4 is 29.0 Å². The van der Waals surface area contributed by atoms with Gasteiger partial charge >= 0.3 is 6.03 Å². The smallest absolute Gasteiger partial charge is 0.315 e. The maximum Gasteiger partial charge on any atom is 0.315 e. The second-order valence-electron chi connectivity index (χ2n) is 4.38. The van der Waals surface area contributed by atoms with Gasteiger partial charge in [0.1, 0.15) is 6.33 Å². The number of carbonyl (C=O) groups is 1. The van der Waals surface area contributed by atoms with E-state index in [0.717, 1.165) is 15.6 Å². The molecule has 6 nitrogen and oxygen atoms in total. The number of aromatic nitrogens is 3. The van der Waals surface area contributed by atoms with Crippen molar-refractivity contribution in [3.63, 3.8) is 0 Å². The van der Waals surface area contributed by atoms with Gasteiger partial charge in [-0.2, -0.15) is 0 Å². The highest BCUT2D eigenvalue weighted by Gasteiger charge is 2.13. The van der Waals surface area contributed by atoms with E-state index in [0.29, 0.717) is 12.4 Å². The number of aryl methyl sites for hydroxylation is 1. The van der Waals surface area contributed by atoms with Crippen LogP contribution in [0.1, 0.15) is 23.7 Å². The van der Waals surface area contributed by atoms with Gasteiger partial charge in [0, 0.05) is 18.5 Å². The zero-order chi connectivity index (χ0) is 14.5. The predicted octanol–water partition coefficient (Wildman–Crippen LogP) is 2.13. The zero-order valence-corrected chi connectivity index (χ0v) is 12.8. The Morgan fingerprint density at radius 3 is 2.95 bits per heavy atom. The Kier molecular flexibility index (Phi) is 4.97. The number of thiophene rings is 1. The van der Waals surface area contributed by atoms with Crippen LogP contribution in [0.15, 0.2) is 18.5 Å². The van der Waals surface area contributed by atoms with Gasteiger partial charge < -0.3 is 15.2 Å². The van der Waals surface area contributed by atoms with Crippen LogP contribution in [0, 0.1) is 0 Å². The number of hydrogen-bond acceptors (Lipinski definition) is 4. The predicted molar refractivity (Wildman–Crippen MR) is 79.0 cm³/mol. The third-order valence-electron chi connectivity index (χ3n) is 2.77. The fourth-order valence-corrected chi connectivity index (χ4v) is 2.87. The number of hydrogen-bond donors (Lipinski definition) is 2. The van der Waals surface area contributed by atoms with Gasteiger partial charge in [-0.25, -0.2) is 4.79 Å². The maximum atomic E-state index is 11.8. The Labute approximate surface area is 126 Å². The Hall–Kier alpha value is -1.60. The second kappa shape index (κ2) is 6.71. The quantitative estimate of drug-likeness (QED) is 0.888. The second-order valence-corrected chi connectivity index (χ2v) is 6.18. The van der Waals surface area contributed by atoms with Crippen LogP contribution in [0.2, 0.25) is 4.34 Å². The summed E-state index contributed by atoms with van der Waals surface area (Å²) in [5, 5.41) is 13.4. The fourth-order valence-electron chi connectivity index (χ4n) is 1.78. The normalized spacial score (nSPS) is 12.2. The van der Waals surface area contributed by atoms with Crippen molar-refractivity contribution in [2.45, 2.75) is 19.4 Å². The maximum absolute atomic E-state index is 11.8. The van der Waals surface area contributed by atoms with E-state index in [1.165, 1.54) is 11.3 Å². The zero-order valence-electron chi connectivity index (χ0n) is 11.3. The molecule has 2 amide bonds. The minimum absolute atomic E-state index is 0.196. The summed E-state index contributed by atoms with van der Waals surface area (Å²) in [6.45, 7) is 2.43. The van der Waals surface area contributed by atoms with Gasteiger partial charge in [0.05, 0.1) is 10.4 Å². The van der Waals surface area contributed by atoms with Crippen LogP contribution >= 0.6 is 22.9 Å². The summed E-state index contributed by atoms with van der Waals surface area (Å²) in [6.07, 6.45) is 2.37. The van der Waals surface area contributed by atoms with Crippen molar-refractivity contribution < 1.29 is 4.79 Å². The summed E-state index contributed by atoms with van der Waals surface area (Å²) in [6, 6.07) is 3.41. The summed E-state index contributed by atoms with van der Waals surface area (Å²) >= 11 is 7.37. The Balaban J connectivity index is 1.74. The molecule has 2 aromatic heterocycles. The number of nitrogens with zero attached hydrogens (tertiary/aromatic N) is 3. The summed E-state index contributed by atoms with van der Waals surface area (Å²) in [5.74, 6) is 0.713. The first kappa shape index (κ1) is 14.8. The van der Waals surface area contributed by atoms with E-state index >= 15 is 0 Å². The lowest BCUT2D eigenvalue weighted by Gasteiger charge is -2.13. The first-order valence-electron chi connectivity index (χ1n) is 6.18. The average Bonchev–Trinajstić information content (AvgIpc) is 2.98. The van der Waals surface area contributed by atoms with E-state index in [-0.39, 0.29) is 12.1 Å². The van der Waals surface area contributed by atoms with Crippen molar-refractivity contribution in [1.29, 1.82) is 0 Å². The van der Waals surface area contributed by atoms with Gasteiger partial charge in [-0.3, -0.25) is 0 Å². The number of halogens is 1. The summed E-state index contributed by atoms with van der Waals surface area (Å²) in [4.78, 5) is 12.9. The van der Waals surface area contributed by atoms with Crippen LogP contribution in [-0.2, 0) is 13.5 Å². The lowest BCUT2D eigenvalue weighted by atomic mass is 10.3. The third-order valence-corrected chi connectivity index (χ3v) is 4.06. The molecule has 8 heteroatoms. The fraction of sp³-hybridized carbons (Fsp3) is 0.417. The molecule has 0 aliphatic rings. The molecule has 0 fully saturated rings. The molecule has 0 spiro atoms. The average molecular weight is 314 g/mol. The van der Waals surface area contributed by atoms with Crippen molar-refractivity contribution in [3.8, 4) is 0 Å². The lowest BCUT2D eigenvalue weighted by molar-refractivity contribution is 0.237. The topological polar surface area (TPSA) is 71.8 Å². The van der Waals surface area contributed by atoms with E-state index in [1.54, 1.807) is 10.9 Å². The molecule has 1 atom stereocenters. The largest absolute Gasteiger partial charge is 0.338 e. The first-order valence-corrected chi connectivity index (χ1v) is 7.38. The number of nitrogens with one attached hydrogen (secondary N) is 2. The summed E-state index contributed by atoms with van der Waals surface area (Å²) in [7, 11) is 1.84. The molecule has 0 aliphatic carbocycles. The SMILES string of the molecule is C[C@H](NC(=O)NCCc1ccc(Cl)s1)c1nncn1C. The molecular formula is C12H16ClN5OS. The van der Waals surface area contributed by atoms with E-state index in [2.05, 4.69) is 20.8 Å². The van der Waals surface area contributed by atoms with Crippen molar-refractivity contribution in [2.75, 3.05) is 6.54 Å². The Morgan fingerprint density at radius 2 is 2.35 bits per heavy atom. The van der Waals surface area contributed by atoms with Crippen LogP contribution in [0.4, 0.5) is 4.79 Å². The molecule has 0 bridgehead atoms. The standard InChI is InChI=1S/C12H16ClN5OS/c1-8(11-17-15-7-18(11)2)16-12(19)14-6-5-9-3-4-10(13)20-9/h3-4,7-8H,5-6H2,1-2H3,(H2,14,16,19)/t8-/m0/s1. The molecule has 0 aromatic carbocycles. The van der Waals surface area contributed by atoms with Crippen molar-refractivity contribution in [1.82, 2.24) is 25.4 Å². The molecule has 2 heterocycles. The Morgan fingerprint density at radius 1 is 1.55 bits per heavy atom. The van der Waals surface area contributed by atoms with Gasteiger partial charge in [0.2, 0.25) is 0 Å². The highest BCUT2D eigenvalue weighted by atomic mass is 35.5. The minimum Gasteiger partial charge on any atom is -0.338 e. The van der Waals surface area contributed by atoms with Crippen LogP contribution < -0.4 is 10.6 Å². The first-order chi connectivity index (χ1) is 9.56. The van der Waals surface area contributed by atoms with Gasteiger partial charge in [0.25, 0.3) is 0 Å². The monoisotopic (exact) mass is 313 g/mol. The highest BCUT2D eigenvalue weighted by Crippen LogP contribution is 2.21. The summed E-state index contributed by atoms with van der Waals surface area (Å²) in [5.41, 5.74) is 0. The van der Waals surface area contributed by atoms with Crippen LogP contribution in [0.5, 0.6) is 0 Å². The highest BCUT2D eigenvalue weighted by molar-refractivity contribution is 7.16. The van der Waals surface area contributed by atoms with Gasteiger partial charge in [-0.1, -0.05) is 11.6 Å². The molecule has 2 aromatic rings. The number of amides is 2. The molecule has 20 heavy (non-hydrogen) atoms. The summed E-state index contributed by atoms with van der Waals surface area (Å²) < 4.78 is 2.54. The molecule has 108 valence electrons. The van der Waals surface area contributed by atoms with Crippen LogP contribution in [-0.4, -0.2) is 27.3 Å². The number of urea groups is 1. The van der Waals surface area contributed by atoms with Gasteiger partial charge in [-0.15, -0.1) is 21.5 Å². The number of carbonyl (C=O) groups excluding carboxylic acids is 1. The van der Waals surface area contributed by atoms with E-state index in [4.69, 9.17) is 11.6 Å². The van der Waals surface area contributed by atoms with Crippen molar-refractivity contribution in [3.05, 3.63) is 33.5 Å². The molecule has 2 rings (SSSR count). The minimum atomic E-state index is -0.219. The van der Waals surface area contributed by atoms with E-state index in [1.807, 2.05) is 26.1 Å². The Bertz CT molecular complexity index is 582. The number of rotatable bonds is 5. The van der Waals surface area contributed by atoms with Crippen LogP contribution in [0.25, 0.3) is 0 Å².